The maximum absolute atomic E-state index is 5.79. The van der Waals surface area contributed by atoms with Gasteiger partial charge in [0.2, 0.25) is 0 Å². The average Bonchev–Trinajstić information content (AvgIpc) is 2.85. The van der Waals surface area contributed by atoms with E-state index in [1.165, 1.54) is 22.3 Å². The molecule has 0 saturated heterocycles. The van der Waals surface area contributed by atoms with Crippen LogP contribution in [0, 0.1) is 6.92 Å². The van der Waals surface area contributed by atoms with Gasteiger partial charge in [0.05, 0.1) is 0 Å². The van der Waals surface area contributed by atoms with E-state index in [9.17, 15) is 0 Å². The number of rotatable bonds is 3. The quantitative estimate of drug-likeness (QED) is 0.888. The third-order valence-electron chi connectivity index (χ3n) is 3.33. The van der Waals surface area contributed by atoms with Crippen molar-refractivity contribution in [2.75, 3.05) is 0 Å². The SMILES string of the molecule is Cc1ccc(OCc2ccc3c(c2)CNC3)cc1. The summed E-state index contributed by atoms with van der Waals surface area (Å²) in [5, 5.41) is 3.35. The van der Waals surface area contributed by atoms with Crippen LogP contribution in [0.4, 0.5) is 0 Å². The van der Waals surface area contributed by atoms with Crippen molar-refractivity contribution in [1.29, 1.82) is 0 Å². The standard InChI is InChI=1S/C16H17NO/c1-12-2-6-16(7-3-12)18-11-13-4-5-14-9-17-10-15(14)8-13/h2-8,17H,9-11H2,1H3. The lowest BCUT2D eigenvalue weighted by molar-refractivity contribution is 0.306. The van der Waals surface area contributed by atoms with Crippen LogP contribution < -0.4 is 10.1 Å². The molecule has 0 aliphatic carbocycles. The van der Waals surface area contributed by atoms with Crippen molar-refractivity contribution in [2.24, 2.45) is 0 Å². The Balaban J connectivity index is 1.68. The third kappa shape index (κ3) is 2.39. The monoisotopic (exact) mass is 239 g/mol. The second-order valence-electron chi connectivity index (χ2n) is 4.81. The van der Waals surface area contributed by atoms with E-state index in [0.717, 1.165) is 18.8 Å². The Morgan fingerprint density at radius 2 is 1.78 bits per heavy atom. The lowest BCUT2D eigenvalue weighted by Gasteiger charge is -2.08. The van der Waals surface area contributed by atoms with Crippen LogP contribution in [0.2, 0.25) is 0 Å². The van der Waals surface area contributed by atoms with Gasteiger partial charge in [-0.15, -0.1) is 0 Å². The minimum atomic E-state index is 0.635. The van der Waals surface area contributed by atoms with Crippen molar-refractivity contribution in [3.63, 3.8) is 0 Å². The predicted molar refractivity (Wildman–Crippen MR) is 72.5 cm³/mol. The van der Waals surface area contributed by atoms with Crippen LogP contribution in [0.3, 0.4) is 0 Å². The molecule has 0 saturated carbocycles. The number of fused-ring (bicyclic) bond motifs is 1. The first-order valence-corrected chi connectivity index (χ1v) is 6.32. The molecule has 0 amide bonds. The zero-order chi connectivity index (χ0) is 12.4. The molecule has 92 valence electrons. The van der Waals surface area contributed by atoms with Gasteiger partial charge in [-0.25, -0.2) is 0 Å². The van der Waals surface area contributed by atoms with Gasteiger partial charge >= 0.3 is 0 Å². The Hall–Kier alpha value is -1.80. The maximum atomic E-state index is 5.79. The van der Waals surface area contributed by atoms with E-state index in [-0.39, 0.29) is 0 Å². The number of hydrogen-bond donors (Lipinski definition) is 1. The van der Waals surface area contributed by atoms with E-state index in [4.69, 9.17) is 4.74 Å². The van der Waals surface area contributed by atoms with Crippen LogP contribution in [0.1, 0.15) is 22.3 Å². The normalized spacial score (nSPS) is 13.4. The van der Waals surface area contributed by atoms with Gasteiger partial charge in [0.15, 0.2) is 0 Å². The van der Waals surface area contributed by atoms with Gasteiger partial charge in [-0.3, -0.25) is 0 Å². The van der Waals surface area contributed by atoms with Crippen molar-refractivity contribution in [3.8, 4) is 5.75 Å². The fourth-order valence-corrected chi connectivity index (χ4v) is 2.24. The third-order valence-corrected chi connectivity index (χ3v) is 3.33. The van der Waals surface area contributed by atoms with E-state index < -0.39 is 0 Å². The predicted octanol–water partition coefficient (Wildman–Crippen LogP) is 3.18. The highest BCUT2D eigenvalue weighted by molar-refractivity contribution is 5.34. The van der Waals surface area contributed by atoms with Crippen LogP contribution in [-0.4, -0.2) is 0 Å². The summed E-state index contributed by atoms with van der Waals surface area (Å²) < 4.78 is 5.79. The van der Waals surface area contributed by atoms with E-state index in [0.29, 0.717) is 6.61 Å². The molecule has 3 rings (SSSR count). The van der Waals surface area contributed by atoms with Crippen molar-refractivity contribution >= 4 is 0 Å². The molecule has 2 nitrogen and oxygen atoms in total. The molecule has 0 unspecified atom stereocenters. The fourth-order valence-electron chi connectivity index (χ4n) is 2.24. The number of benzene rings is 2. The molecule has 1 aliphatic heterocycles. The first-order valence-electron chi connectivity index (χ1n) is 6.32. The molecular formula is C16H17NO. The van der Waals surface area contributed by atoms with E-state index in [1.54, 1.807) is 0 Å². The number of hydrogen-bond acceptors (Lipinski definition) is 2. The smallest absolute Gasteiger partial charge is 0.119 e. The van der Waals surface area contributed by atoms with Crippen molar-refractivity contribution in [2.45, 2.75) is 26.6 Å². The van der Waals surface area contributed by atoms with Gasteiger partial charge < -0.3 is 10.1 Å². The summed E-state index contributed by atoms with van der Waals surface area (Å²) in [4.78, 5) is 0. The van der Waals surface area contributed by atoms with Gasteiger partial charge in [-0.2, -0.15) is 0 Å². The molecule has 0 fully saturated rings. The molecule has 0 aromatic heterocycles. The van der Waals surface area contributed by atoms with E-state index >= 15 is 0 Å². The molecular weight excluding hydrogens is 222 g/mol. The molecule has 1 N–H and O–H groups in total. The van der Waals surface area contributed by atoms with Crippen LogP contribution in [0.15, 0.2) is 42.5 Å². The Labute approximate surface area is 108 Å². The van der Waals surface area contributed by atoms with Crippen LogP contribution in [0.5, 0.6) is 5.75 Å². The summed E-state index contributed by atoms with van der Waals surface area (Å²) in [6.45, 7) is 4.69. The second-order valence-corrected chi connectivity index (χ2v) is 4.81. The number of ether oxygens (including phenoxy) is 1. The van der Waals surface area contributed by atoms with Crippen LogP contribution in [0.25, 0.3) is 0 Å². The molecule has 0 bridgehead atoms. The minimum Gasteiger partial charge on any atom is -0.489 e. The summed E-state index contributed by atoms with van der Waals surface area (Å²) in [7, 11) is 0. The van der Waals surface area contributed by atoms with Crippen molar-refractivity contribution in [1.82, 2.24) is 5.32 Å². The summed E-state index contributed by atoms with van der Waals surface area (Å²) in [5.74, 6) is 0.930. The Bertz CT molecular complexity index is 546. The summed E-state index contributed by atoms with van der Waals surface area (Å²) in [5.41, 5.74) is 5.30. The van der Waals surface area contributed by atoms with Gasteiger partial charge in [0.25, 0.3) is 0 Å². The zero-order valence-electron chi connectivity index (χ0n) is 10.6. The average molecular weight is 239 g/mol. The lowest BCUT2D eigenvalue weighted by atomic mass is 10.1. The molecule has 0 radical (unpaired) electrons. The molecule has 18 heavy (non-hydrogen) atoms. The molecule has 2 heteroatoms. The van der Waals surface area contributed by atoms with E-state index in [1.807, 2.05) is 12.1 Å². The van der Waals surface area contributed by atoms with Gasteiger partial charge in [0.1, 0.15) is 12.4 Å². The van der Waals surface area contributed by atoms with Crippen LogP contribution >= 0.6 is 0 Å². The van der Waals surface area contributed by atoms with Gasteiger partial charge in [-0.05, 0) is 35.7 Å². The highest BCUT2D eigenvalue weighted by atomic mass is 16.5. The molecule has 0 spiro atoms. The molecule has 0 atom stereocenters. The lowest BCUT2D eigenvalue weighted by Crippen LogP contribution is -2.00. The highest BCUT2D eigenvalue weighted by Crippen LogP contribution is 2.19. The maximum Gasteiger partial charge on any atom is 0.119 e. The molecule has 2 aromatic carbocycles. The minimum absolute atomic E-state index is 0.635. The topological polar surface area (TPSA) is 21.3 Å². The summed E-state index contributed by atoms with van der Waals surface area (Å²) in [6.07, 6.45) is 0. The number of aryl methyl sites for hydroxylation is 1. The molecule has 1 heterocycles. The van der Waals surface area contributed by atoms with Gasteiger partial charge in [-0.1, -0.05) is 35.9 Å². The second kappa shape index (κ2) is 4.83. The first kappa shape index (κ1) is 11.3. The first-order chi connectivity index (χ1) is 8.81. The summed E-state index contributed by atoms with van der Waals surface area (Å²) in [6, 6.07) is 14.8. The largest absolute Gasteiger partial charge is 0.489 e. The Morgan fingerprint density at radius 3 is 2.61 bits per heavy atom. The zero-order valence-corrected chi connectivity index (χ0v) is 10.6. The van der Waals surface area contributed by atoms with E-state index in [2.05, 4.69) is 42.6 Å². The van der Waals surface area contributed by atoms with Crippen molar-refractivity contribution in [3.05, 3.63) is 64.7 Å². The Kier molecular flexibility index (Phi) is 3.03. The highest BCUT2D eigenvalue weighted by Gasteiger charge is 2.09. The number of nitrogens with one attached hydrogen (secondary N) is 1. The van der Waals surface area contributed by atoms with Crippen molar-refractivity contribution < 1.29 is 4.74 Å². The van der Waals surface area contributed by atoms with Gasteiger partial charge in [0, 0.05) is 13.1 Å². The van der Waals surface area contributed by atoms with Crippen LogP contribution in [-0.2, 0) is 19.7 Å². The molecule has 1 aliphatic rings. The summed E-state index contributed by atoms with van der Waals surface area (Å²) >= 11 is 0. The Morgan fingerprint density at radius 1 is 1.00 bits per heavy atom. The molecule has 2 aromatic rings. The fraction of sp³-hybridized carbons (Fsp3) is 0.250.